The van der Waals surface area contributed by atoms with Gasteiger partial charge in [-0.2, -0.15) is 0 Å². The molecule has 0 bridgehead atoms. The summed E-state index contributed by atoms with van der Waals surface area (Å²) in [6.07, 6.45) is 5.08. The summed E-state index contributed by atoms with van der Waals surface area (Å²) in [6.45, 7) is 4.80. The van der Waals surface area contributed by atoms with Crippen LogP contribution in [0, 0.1) is 6.92 Å². The number of carbonyl (C=O) groups is 1. The molecule has 9 heteroatoms. The minimum Gasteiger partial charge on any atom is -0.411 e. The van der Waals surface area contributed by atoms with Crippen molar-refractivity contribution in [1.82, 2.24) is 25.1 Å². The number of hydrogen-bond acceptors (Lipinski definition) is 8. The van der Waals surface area contributed by atoms with Gasteiger partial charge in [0.25, 0.3) is 5.22 Å². The first-order valence-electron chi connectivity index (χ1n) is 9.02. The highest BCUT2D eigenvalue weighted by Crippen LogP contribution is 2.25. The Morgan fingerprint density at radius 1 is 1.14 bits per heavy atom. The molecule has 144 valence electrons. The fourth-order valence-corrected chi connectivity index (χ4v) is 3.71. The third kappa shape index (κ3) is 4.14. The molecule has 0 N–H and O–H groups in total. The number of benzene rings is 1. The number of rotatable bonds is 5. The second-order valence-electron chi connectivity index (χ2n) is 6.41. The van der Waals surface area contributed by atoms with E-state index in [4.69, 9.17) is 4.42 Å². The maximum atomic E-state index is 12.5. The van der Waals surface area contributed by atoms with Crippen molar-refractivity contribution in [1.29, 1.82) is 0 Å². The maximum Gasteiger partial charge on any atom is 0.277 e. The first-order valence-corrected chi connectivity index (χ1v) is 10.0. The van der Waals surface area contributed by atoms with E-state index in [9.17, 15) is 4.79 Å². The van der Waals surface area contributed by atoms with Crippen LogP contribution >= 0.6 is 11.8 Å². The van der Waals surface area contributed by atoms with Crippen LogP contribution in [0.2, 0.25) is 0 Å². The van der Waals surface area contributed by atoms with E-state index in [1.54, 1.807) is 18.6 Å². The van der Waals surface area contributed by atoms with Crippen molar-refractivity contribution >= 4 is 23.5 Å². The van der Waals surface area contributed by atoms with Crippen molar-refractivity contribution in [2.24, 2.45) is 0 Å². The van der Waals surface area contributed by atoms with E-state index in [-0.39, 0.29) is 11.7 Å². The summed E-state index contributed by atoms with van der Waals surface area (Å²) in [6, 6.07) is 7.84. The molecule has 0 atom stereocenters. The van der Waals surface area contributed by atoms with Crippen molar-refractivity contribution < 1.29 is 9.21 Å². The molecule has 1 aromatic carbocycles. The van der Waals surface area contributed by atoms with Crippen LogP contribution in [0.3, 0.4) is 0 Å². The second-order valence-corrected chi connectivity index (χ2v) is 7.33. The molecule has 0 saturated carbocycles. The van der Waals surface area contributed by atoms with E-state index < -0.39 is 0 Å². The van der Waals surface area contributed by atoms with Gasteiger partial charge in [0.1, 0.15) is 5.82 Å². The topological polar surface area (TPSA) is 88.3 Å². The predicted octanol–water partition coefficient (Wildman–Crippen LogP) is 2.28. The fraction of sp³-hybridized carbons (Fsp3) is 0.316. The SMILES string of the molecule is Cc1ccccc1-c1nnc(SCC(=O)N2CCN(c3cnccn3)CC2)o1. The van der Waals surface area contributed by atoms with Crippen LogP contribution in [0.5, 0.6) is 0 Å². The van der Waals surface area contributed by atoms with Gasteiger partial charge >= 0.3 is 0 Å². The van der Waals surface area contributed by atoms with Gasteiger partial charge in [-0.3, -0.25) is 9.78 Å². The van der Waals surface area contributed by atoms with Crippen molar-refractivity contribution in [3.8, 4) is 11.5 Å². The zero-order valence-electron chi connectivity index (χ0n) is 15.5. The number of amides is 1. The summed E-state index contributed by atoms with van der Waals surface area (Å²) in [5, 5.41) is 8.56. The van der Waals surface area contributed by atoms with Crippen molar-refractivity contribution in [3.05, 3.63) is 48.4 Å². The van der Waals surface area contributed by atoms with E-state index in [0.717, 1.165) is 30.0 Å². The molecule has 1 amide bonds. The molecule has 4 rings (SSSR count). The van der Waals surface area contributed by atoms with Crippen molar-refractivity contribution in [2.75, 3.05) is 36.8 Å². The molecule has 3 heterocycles. The van der Waals surface area contributed by atoms with Crippen LogP contribution in [-0.4, -0.2) is 62.9 Å². The number of hydrogen-bond donors (Lipinski definition) is 0. The number of anilines is 1. The van der Waals surface area contributed by atoms with Gasteiger partial charge < -0.3 is 14.2 Å². The maximum absolute atomic E-state index is 12.5. The molecule has 0 spiro atoms. The molecule has 1 aliphatic rings. The van der Waals surface area contributed by atoms with Crippen LogP contribution in [0.1, 0.15) is 5.56 Å². The van der Waals surface area contributed by atoms with Crippen LogP contribution in [0.4, 0.5) is 5.82 Å². The van der Waals surface area contributed by atoms with Crippen LogP contribution in [0.15, 0.2) is 52.5 Å². The summed E-state index contributed by atoms with van der Waals surface area (Å²) >= 11 is 1.27. The monoisotopic (exact) mass is 396 g/mol. The summed E-state index contributed by atoms with van der Waals surface area (Å²) in [5.41, 5.74) is 1.98. The Morgan fingerprint density at radius 3 is 2.71 bits per heavy atom. The average molecular weight is 396 g/mol. The third-order valence-corrected chi connectivity index (χ3v) is 5.41. The van der Waals surface area contributed by atoms with E-state index >= 15 is 0 Å². The van der Waals surface area contributed by atoms with Crippen LogP contribution < -0.4 is 4.90 Å². The van der Waals surface area contributed by atoms with Crippen LogP contribution in [0.25, 0.3) is 11.5 Å². The Bertz CT molecular complexity index is 940. The Hall–Kier alpha value is -2.94. The highest BCUT2D eigenvalue weighted by molar-refractivity contribution is 7.99. The van der Waals surface area contributed by atoms with E-state index in [2.05, 4.69) is 25.1 Å². The Balaban J connectivity index is 1.29. The summed E-state index contributed by atoms with van der Waals surface area (Å²) in [7, 11) is 0. The smallest absolute Gasteiger partial charge is 0.277 e. The molecule has 1 fully saturated rings. The van der Waals surface area contributed by atoms with Crippen molar-refractivity contribution in [3.63, 3.8) is 0 Å². The average Bonchev–Trinajstić information content (AvgIpc) is 3.22. The summed E-state index contributed by atoms with van der Waals surface area (Å²) < 4.78 is 5.71. The minimum atomic E-state index is 0.0689. The largest absolute Gasteiger partial charge is 0.411 e. The lowest BCUT2D eigenvalue weighted by Gasteiger charge is -2.35. The standard InChI is InChI=1S/C19H20N6O2S/c1-14-4-2-3-5-15(14)18-22-23-19(27-18)28-13-17(26)25-10-8-24(9-11-25)16-12-20-6-7-21-16/h2-7,12H,8-11,13H2,1H3. The lowest BCUT2D eigenvalue weighted by Crippen LogP contribution is -2.49. The number of piperazine rings is 1. The number of aryl methyl sites for hydroxylation is 1. The lowest BCUT2D eigenvalue weighted by atomic mass is 10.1. The van der Waals surface area contributed by atoms with Gasteiger partial charge in [0.2, 0.25) is 11.8 Å². The second kappa shape index (κ2) is 8.39. The Labute approximate surface area is 167 Å². The van der Waals surface area contributed by atoms with Gasteiger partial charge in [-0.05, 0) is 18.6 Å². The van der Waals surface area contributed by atoms with Gasteiger partial charge in [0.05, 0.1) is 11.9 Å². The van der Waals surface area contributed by atoms with Gasteiger partial charge in [-0.1, -0.05) is 30.0 Å². The van der Waals surface area contributed by atoms with Crippen LogP contribution in [-0.2, 0) is 4.79 Å². The molecule has 0 unspecified atom stereocenters. The lowest BCUT2D eigenvalue weighted by molar-refractivity contribution is -0.128. The van der Waals surface area contributed by atoms with E-state index in [0.29, 0.717) is 24.2 Å². The predicted molar refractivity (Wildman–Crippen MR) is 106 cm³/mol. The molecule has 2 aromatic heterocycles. The number of nitrogens with zero attached hydrogens (tertiary/aromatic N) is 6. The Kier molecular flexibility index (Phi) is 5.52. The molecule has 28 heavy (non-hydrogen) atoms. The Morgan fingerprint density at radius 2 is 1.96 bits per heavy atom. The molecule has 0 aliphatic carbocycles. The molecule has 0 radical (unpaired) electrons. The summed E-state index contributed by atoms with van der Waals surface area (Å²) in [4.78, 5) is 24.9. The first-order chi connectivity index (χ1) is 13.7. The highest BCUT2D eigenvalue weighted by Gasteiger charge is 2.22. The van der Waals surface area contributed by atoms with Gasteiger partial charge in [-0.15, -0.1) is 10.2 Å². The zero-order chi connectivity index (χ0) is 19.3. The van der Waals surface area contributed by atoms with E-state index in [1.807, 2.05) is 36.1 Å². The van der Waals surface area contributed by atoms with Gasteiger partial charge in [0.15, 0.2) is 0 Å². The molecule has 1 aliphatic heterocycles. The minimum absolute atomic E-state index is 0.0689. The molecular weight excluding hydrogens is 376 g/mol. The molecule has 8 nitrogen and oxygen atoms in total. The quantitative estimate of drug-likeness (QED) is 0.607. The number of thioether (sulfide) groups is 1. The third-order valence-electron chi connectivity index (χ3n) is 4.61. The number of carbonyl (C=O) groups excluding carboxylic acids is 1. The first kappa shape index (κ1) is 18.4. The summed E-state index contributed by atoms with van der Waals surface area (Å²) in [5.74, 6) is 1.67. The van der Waals surface area contributed by atoms with Crippen molar-refractivity contribution in [2.45, 2.75) is 12.1 Å². The van der Waals surface area contributed by atoms with Gasteiger partial charge in [-0.25, -0.2) is 4.98 Å². The van der Waals surface area contributed by atoms with E-state index in [1.165, 1.54) is 11.8 Å². The molecular formula is C19H20N6O2S. The van der Waals surface area contributed by atoms with Gasteiger partial charge in [0, 0.05) is 44.1 Å². The fourth-order valence-electron chi connectivity index (χ4n) is 3.04. The normalized spacial score (nSPS) is 14.3. The molecule has 1 saturated heterocycles. The molecule has 3 aromatic rings. The zero-order valence-corrected chi connectivity index (χ0v) is 16.3. The highest BCUT2D eigenvalue weighted by atomic mass is 32.2. The number of aromatic nitrogens is 4.